The molecule has 17 heavy (non-hydrogen) atoms. The lowest BCUT2D eigenvalue weighted by Gasteiger charge is -2.29. The van der Waals surface area contributed by atoms with Gasteiger partial charge < -0.3 is 15.4 Å². The predicted molar refractivity (Wildman–Crippen MR) is 68.9 cm³/mol. The Morgan fingerprint density at radius 1 is 1.47 bits per heavy atom. The first-order chi connectivity index (χ1) is 7.97. The third-order valence-corrected chi connectivity index (χ3v) is 3.40. The summed E-state index contributed by atoms with van der Waals surface area (Å²) in [5.41, 5.74) is 0.0727. The highest BCUT2D eigenvalue weighted by atomic mass is 16.5. The average molecular weight is 242 g/mol. The average Bonchev–Trinajstić information content (AvgIpc) is 3.07. The Balaban J connectivity index is 2.21. The van der Waals surface area contributed by atoms with Crippen molar-refractivity contribution in [2.24, 2.45) is 5.92 Å². The summed E-state index contributed by atoms with van der Waals surface area (Å²) in [5, 5.41) is 6.33. The van der Waals surface area contributed by atoms with E-state index in [1.165, 1.54) is 12.8 Å². The number of ether oxygens (including phenoxy) is 1. The minimum Gasteiger partial charge on any atom is -0.385 e. The first kappa shape index (κ1) is 14.5. The molecule has 1 saturated carbocycles. The van der Waals surface area contributed by atoms with E-state index in [1.54, 1.807) is 7.11 Å². The van der Waals surface area contributed by atoms with E-state index in [1.807, 2.05) is 6.92 Å². The van der Waals surface area contributed by atoms with E-state index in [-0.39, 0.29) is 17.5 Å². The SMILES string of the molecule is COCCCNC(=O)C(C)NC(C)(C)C1CC1. The van der Waals surface area contributed by atoms with Gasteiger partial charge in [0.15, 0.2) is 0 Å². The Morgan fingerprint density at radius 2 is 2.12 bits per heavy atom. The maximum absolute atomic E-state index is 11.8. The number of amides is 1. The zero-order chi connectivity index (χ0) is 12.9. The zero-order valence-corrected chi connectivity index (χ0v) is 11.5. The number of carbonyl (C=O) groups excluding carboxylic acids is 1. The van der Waals surface area contributed by atoms with Crippen LogP contribution in [0.4, 0.5) is 0 Å². The molecule has 4 nitrogen and oxygen atoms in total. The van der Waals surface area contributed by atoms with Crippen molar-refractivity contribution in [3.8, 4) is 0 Å². The van der Waals surface area contributed by atoms with Crippen LogP contribution in [0.5, 0.6) is 0 Å². The van der Waals surface area contributed by atoms with Crippen molar-refractivity contribution in [3.05, 3.63) is 0 Å². The molecule has 0 aliphatic heterocycles. The topological polar surface area (TPSA) is 50.4 Å². The highest BCUT2D eigenvalue weighted by Crippen LogP contribution is 2.39. The van der Waals surface area contributed by atoms with Gasteiger partial charge in [0.2, 0.25) is 5.91 Å². The lowest BCUT2D eigenvalue weighted by Crippen LogP contribution is -2.52. The lowest BCUT2D eigenvalue weighted by molar-refractivity contribution is -0.123. The van der Waals surface area contributed by atoms with Crippen molar-refractivity contribution in [2.45, 2.75) is 51.6 Å². The molecule has 0 spiro atoms. The fourth-order valence-corrected chi connectivity index (χ4v) is 2.13. The van der Waals surface area contributed by atoms with E-state index in [4.69, 9.17) is 4.74 Å². The predicted octanol–water partition coefficient (Wildman–Crippen LogP) is 1.31. The second-order valence-corrected chi connectivity index (χ2v) is 5.50. The van der Waals surface area contributed by atoms with E-state index >= 15 is 0 Å². The van der Waals surface area contributed by atoms with Gasteiger partial charge in [0, 0.05) is 25.8 Å². The Hall–Kier alpha value is -0.610. The Kier molecular flexibility index (Phi) is 5.40. The van der Waals surface area contributed by atoms with Crippen molar-refractivity contribution >= 4 is 5.91 Å². The maximum Gasteiger partial charge on any atom is 0.236 e. The normalized spacial score (nSPS) is 17.9. The summed E-state index contributed by atoms with van der Waals surface area (Å²) in [7, 11) is 1.67. The fourth-order valence-electron chi connectivity index (χ4n) is 2.13. The molecule has 100 valence electrons. The van der Waals surface area contributed by atoms with Crippen LogP contribution in [-0.4, -0.2) is 37.7 Å². The number of methoxy groups -OCH3 is 1. The van der Waals surface area contributed by atoms with Crippen LogP contribution < -0.4 is 10.6 Å². The fraction of sp³-hybridized carbons (Fsp3) is 0.923. The smallest absolute Gasteiger partial charge is 0.236 e. The van der Waals surface area contributed by atoms with Crippen LogP contribution in [0, 0.1) is 5.92 Å². The van der Waals surface area contributed by atoms with Gasteiger partial charge in [-0.15, -0.1) is 0 Å². The molecule has 1 amide bonds. The van der Waals surface area contributed by atoms with E-state index < -0.39 is 0 Å². The van der Waals surface area contributed by atoms with Crippen molar-refractivity contribution in [1.82, 2.24) is 10.6 Å². The minimum atomic E-state index is -0.131. The molecular formula is C13H26N2O2. The summed E-state index contributed by atoms with van der Waals surface area (Å²) in [4.78, 5) is 11.8. The third-order valence-electron chi connectivity index (χ3n) is 3.40. The molecule has 0 aromatic rings. The molecule has 1 aliphatic carbocycles. The molecule has 0 aromatic heterocycles. The van der Waals surface area contributed by atoms with Gasteiger partial charge >= 0.3 is 0 Å². The number of hydrogen-bond acceptors (Lipinski definition) is 3. The Bertz CT molecular complexity index is 250. The van der Waals surface area contributed by atoms with Gasteiger partial charge in [-0.25, -0.2) is 0 Å². The van der Waals surface area contributed by atoms with Crippen molar-refractivity contribution in [3.63, 3.8) is 0 Å². The first-order valence-corrected chi connectivity index (χ1v) is 6.51. The molecule has 1 rings (SSSR count). The highest BCUT2D eigenvalue weighted by Gasteiger charge is 2.38. The van der Waals surface area contributed by atoms with Crippen LogP contribution in [-0.2, 0) is 9.53 Å². The summed E-state index contributed by atoms with van der Waals surface area (Å²) in [6.45, 7) is 7.66. The molecule has 0 saturated heterocycles. The molecule has 1 aliphatic rings. The van der Waals surface area contributed by atoms with Crippen molar-refractivity contribution < 1.29 is 9.53 Å². The van der Waals surface area contributed by atoms with Crippen LogP contribution in [0.2, 0.25) is 0 Å². The van der Waals surface area contributed by atoms with Gasteiger partial charge in [-0.05, 0) is 46.0 Å². The van der Waals surface area contributed by atoms with Crippen LogP contribution in [0.1, 0.15) is 40.0 Å². The number of rotatable bonds is 8. The summed E-state index contributed by atoms with van der Waals surface area (Å²) < 4.78 is 4.94. The molecule has 0 heterocycles. The molecule has 0 radical (unpaired) electrons. The highest BCUT2D eigenvalue weighted by molar-refractivity contribution is 5.81. The second-order valence-electron chi connectivity index (χ2n) is 5.50. The van der Waals surface area contributed by atoms with Gasteiger partial charge in [-0.2, -0.15) is 0 Å². The van der Waals surface area contributed by atoms with Crippen LogP contribution in [0.15, 0.2) is 0 Å². The van der Waals surface area contributed by atoms with Gasteiger partial charge in [-0.1, -0.05) is 0 Å². The first-order valence-electron chi connectivity index (χ1n) is 6.51. The molecule has 2 N–H and O–H groups in total. The van der Waals surface area contributed by atoms with Crippen LogP contribution in [0.25, 0.3) is 0 Å². The largest absolute Gasteiger partial charge is 0.385 e. The molecule has 0 aromatic carbocycles. The van der Waals surface area contributed by atoms with E-state index in [0.29, 0.717) is 13.2 Å². The van der Waals surface area contributed by atoms with Crippen molar-refractivity contribution in [2.75, 3.05) is 20.3 Å². The van der Waals surface area contributed by atoms with E-state index in [9.17, 15) is 4.79 Å². The van der Waals surface area contributed by atoms with Gasteiger partial charge in [-0.3, -0.25) is 4.79 Å². The lowest BCUT2D eigenvalue weighted by atomic mass is 9.97. The summed E-state index contributed by atoms with van der Waals surface area (Å²) in [6, 6.07) is -0.131. The molecule has 1 fully saturated rings. The standard InChI is InChI=1S/C13H26N2O2/c1-10(12(16)14-8-5-9-17-4)15-13(2,3)11-6-7-11/h10-11,15H,5-9H2,1-4H3,(H,14,16). The number of nitrogens with one attached hydrogen (secondary N) is 2. The van der Waals surface area contributed by atoms with Crippen molar-refractivity contribution in [1.29, 1.82) is 0 Å². The summed E-state index contributed by atoms with van der Waals surface area (Å²) in [5.74, 6) is 0.807. The quantitative estimate of drug-likeness (QED) is 0.631. The van der Waals surface area contributed by atoms with Gasteiger partial charge in [0.05, 0.1) is 6.04 Å². The number of hydrogen-bond donors (Lipinski definition) is 2. The van der Waals surface area contributed by atoms with Crippen LogP contribution >= 0.6 is 0 Å². The zero-order valence-electron chi connectivity index (χ0n) is 11.5. The molecule has 0 bridgehead atoms. The Morgan fingerprint density at radius 3 is 2.65 bits per heavy atom. The maximum atomic E-state index is 11.8. The second kappa shape index (κ2) is 6.36. The van der Waals surface area contributed by atoms with Crippen LogP contribution in [0.3, 0.4) is 0 Å². The molecule has 1 unspecified atom stereocenters. The third kappa shape index (κ3) is 5.04. The Labute approximate surface area is 104 Å². The summed E-state index contributed by atoms with van der Waals surface area (Å²) >= 11 is 0. The molecule has 1 atom stereocenters. The summed E-state index contributed by atoms with van der Waals surface area (Å²) in [6.07, 6.45) is 3.42. The molecular weight excluding hydrogens is 216 g/mol. The van der Waals surface area contributed by atoms with E-state index in [2.05, 4.69) is 24.5 Å². The number of carbonyl (C=O) groups is 1. The molecule has 4 heteroatoms. The van der Waals surface area contributed by atoms with Gasteiger partial charge in [0.25, 0.3) is 0 Å². The van der Waals surface area contributed by atoms with E-state index in [0.717, 1.165) is 12.3 Å². The monoisotopic (exact) mass is 242 g/mol. The minimum absolute atomic E-state index is 0.0727. The van der Waals surface area contributed by atoms with Gasteiger partial charge in [0.1, 0.15) is 0 Å².